The van der Waals surface area contributed by atoms with Gasteiger partial charge in [0.1, 0.15) is 0 Å². The quantitative estimate of drug-likeness (QED) is 0.530. The van der Waals surface area contributed by atoms with Crippen LogP contribution in [0.1, 0.15) is 0 Å². The molecule has 1 N–H and O–H groups in total. The highest BCUT2D eigenvalue weighted by Gasteiger charge is 2.10. The van der Waals surface area contributed by atoms with Gasteiger partial charge < -0.3 is 4.98 Å². The van der Waals surface area contributed by atoms with Crippen LogP contribution in [0.2, 0.25) is 0 Å². The summed E-state index contributed by atoms with van der Waals surface area (Å²) in [5.41, 5.74) is 2.98. The second-order valence-electron chi connectivity index (χ2n) is 4.27. The van der Waals surface area contributed by atoms with Gasteiger partial charge in [-0.25, -0.2) is 4.98 Å². The molecule has 0 spiro atoms. The van der Waals surface area contributed by atoms with E-state index < -0.39 is 5.95 Å². The minimum atomic E-state index is -0.457. The van der Waals surface area contributed by atoms with Crippen LogP contribution >= 0.6 is 11.3 Å². The number of fused-ring (bicyclic) bond motifs is 3. The molecule has 0 saturated heterocycles. The van der Waals surface area contributed by atoms with Crippen molar-refractivity contribution in [1.29, 1.82) is 0 Å². The second-order valence-corrected chi connectivity index (χ2v) is 5.32. The molecule has 0 fully saturated rings. The topological polar surface area (TPSA) is 41.6 Å². The maximum atomic E-state index is 13.2. The monoisotopic (exact) mass is 268 g/mol. The Kier molecular flexibility index (Phi) is 2.16. The SMILES string of the molecule is [18F]c1cc(-c2cc3[nH]c4ccncc4c3s2)ccn1. The Morgan fingerprint density at radius 2 is 2.05 bits per heavy atom. The van der Waals surface area contributed by atoms with Gasteiger partial charge in [-0.1, -0.05) is 0 Å². The summed E-state index contributed by atoms with van der Waals surface area (Å²) in [5, 5.41) is 1.10. The van der Waals surface area contributed by atoms with Gasteiger partial charge >= 0.3 is 0 Å². The Balaban J connectivity index is 1.97. The van der Waals surface area contributed by atoms with E-state index in [2.05, 4.69) is 15.0 Å². The van der Waals surface area contributed by atoms with Gasteiger partial charge in [-0.3, -0.25) is 4.98 Å². The molecular formula is C14H8FN3S. The van der Waals surface area contributed by atoms with Crippen LogP contribution in [-0.4, -0.2) is 15.0 Å². The van der Waals surface area contributed by atoms with E-state index in [-0.39, 0.29) is 0 Å². The average molecular weight is 268 g/mol. The van der Waals surface area contributed by atoms with Crippen LogP contribution in [0, 0.1) is 5.95 Å². The number of thiophene rings is 1. The summed E-state index contributed by atoms with van der Waals surface area (Å²) in [4.78, 5) is 12.1. The molecule has 4 heterocycles. The Morgan fingerprint density at radius 1 is 1.11 bits per heavy atom. The number of halogens is 1. The van der Waals surface area contributed by atoms with Crippen molar-refractivity contribution in [2.24, 2.45) is 0 Å². The van der Waals surface area contributed by atoms with Gasteiger partial charge in [-0.2, -0.15) is 4.39 Å². The molecule has 4 aromatic heterocycles. The van der Waals surface area contributed by atoms with E-state index in [0.717, 1.165) is 31.6 Å². The van der Waals surface area contributed by atoms with Crippen LogP contribution in [0.4, 0.5) is 4.39 Å². The summed E-state index contributed by atoms with van der Waals surface area (Å²) in [6.45, 7) is 0. The van der Waals surface area contributed by atoms with Gasteiger partial charge in [0.05, 0.1) is 15.7 Å². The van der Waals surface area contributed by atoms with E-state index in [1.54, 1.807) is 17.5 Å². The molecule has 4 rings (SSSR count). The minimum absolute atomic E-state index is 0.457. The van der Waals surface area contributed by atoms with Gasteiger partial charge in [0.15, 0.2) is 0 Å². The number of aromatic nitrogens is 3. The largest absolute Gasteiger partial charge is 0.354 e. The van der Waals surface area contributed by atoms with Crippen LogP contribution in [0.25, 0.3) is 31.6 Å². The Labute approximate surface area is 111 Å². The van der Waals surface area contributed by atoms with Gasteiger partial charge in [0.25, 0.3) is 0 Å². The molecule has 92 valence electrons. The van der Waals surface area contributed by atoms with Crippen molar-refractivity contribution >= 4 is 32.5 Å². The molecule has 5 heteroatoms. The van der Waals surface area contributed by atoms with Crippen LogP contribution in [0.5, 0.6) is 0 Å². The molecule has 19 heavy (non-hydrogen) atoms. The zero-order valence-electron chi connectivity index (χ0n) is 9.72. The standard InChI is InChI=1S/C14H8FN3S/c15-13-5-8(1-4-17-13)12-6-11-14(19-12)9-7-16-3-2-10(9)18-11/h1-7,18H/i15-1. The van der Waals surface area contributed by atoms with Crippen molar-refractivity contribution in [3.05, 3.63) is 48.8 Å². The van der Waals surface area contributed by atoms with Gasteiger partial charge in [-0.05, 0) is 23.8 Å². The molecule has 0 aliphatic heterocycles. The van der Waals surface area contributed by atoms with E-state index in [1.807, 2.05) is 24.4 Å². The van der Waals surface area contributed by atoms with Crippen LogP contribution in [0.3, 0.4) is 0 Å². The Bertz CT molecular complexity index is 894. The molecule has 0 aromatic carbocycles. The summed E-state index contributed by atoms with van der Waals surface area (Å²) >= 11 is 1.63. The maximum absolute atomic E-state index is 13.2. The number of nitrogens with zero attached hydrogens (tertiary/aromatic N) is 2. The van der Waals surface area contributed by atoms with Crippen molar-refractivity contribution in [2.45, 2.75) is 0 Å². The number of pyridine rings is 2. The Morgan fingerprint density at radius 3 is 2.95 bits per heavy atom. The predicted octanol–water partition coefficient (Wildman–Crippen LogP) is 3.98. The van der Waals surface area contributed by atoms with E-state index >= 15 is 0 Å². The predicted molar refractivity (Wildman–Crippen MR) is 74.7 cm³/mol. The first-order valence-corrected chi connectivity index (χ1v) is 6.60. The van der Waals surface area contributed by atoms with Crippen molar-refractivity contribution in [1.82, 2.24) is 15.0 Å². The lowest BCUT2D eigenvalue weighted by Crippen LogP contribution is -1.81. The van der Waals surface area contributed by atoms with E-state index in [9.17, 15) is 4.39 Å². The molecule has 0 aliphatic rings. The third kappa shape index (κ3) is 1.62. The number of hydrogen-bond donors (Lipinski definition) is 1. The summed E-state index contributed by atoms with van der Waals surface area (Å²) < 4.78 is 14.3. The number of H-pyrrole nitrogens is 1. The molecule has 0 bridgehead atoms. The summed E-state index contributed by atoms with van der Waals surface area (Å²) in [6.07, 6.45) is 5.10. The minimum Gasteiger partial charge on any atom is -0.354 e. The average Bonchev–Trinajstić information content (AvgIpc) is 2.96. The van der Waals surface area contributed by atoms with Crippen molar-refractivity contribution in [2.75, 3.05) is 0 Å². The highest BCUT2D eigenvalue weighted by Crippen LogP contribution is 2.37. The highest BCUT2D eigenvalue weighted by atomic mass is 32.1. The normalized spacial score (nSPS) is 11.4. The lowest BCUT2D eigenvalue weighted by Gasteiger charge is -1.95. The third-order valence-electron chi connectivity index (χ3n) is 3.08. The first kappa shape index (κ1) is 10.6. The summed E-state index contributed by atoms with van der Waals surface area (Å²) in [5.74, 6) is -0.457. The first-order valence-electron chi connectivity index (χ1n) is 5.78. The third-order valence-corrected chi connectivity index (χ3v) is 4.30. The molecule has 0 unspecified atom stereocenters. The number of rotatable bonds is 1. The van der Waals surface area contributed by atoms with E-state index in [1.165, 1.54) is 12.3 Å². The number of hydrogen-bond acceptors (Lipinski definition) is 3. The number of aromatic amines is 1. The first-order chi connectivity index (χ1) is 9.31. The highest BCUT2D eigenvalue weighted by molar-refractivity contribution is 7.23. The van der Waals surface area contributed by atoms with Gasteiger partial charge in [0.2, 0.25) is 5.95 Å². The summed E-state index contributed by atoms with van der Waals surface area (Å²) in [6, 6.07) is 7.25. The van der Waals surface area contributed by atoms with Crippen LogP contribution in [-0.2, 0) is 0 Å². The fraction of sp³-hybridized carbons (Fsp3) is 0. The van der Waals surface area contributed by atoms with Crippen molar-refractivity contribution in [3.63, 3.8) is 0 Å². The lowest BCUT2D eigenvalue weighted by molar-refractivity contribution is 0.584. The van der Waals surface area contributed by atoms with Crippen LogP contribution in [0.15, 0.2) is 42.9 Å². The van der Waals surface area contributed by atoms with E-state index in [0.29, 0.717) is 0 Å². The second kappa shape index (κ2) is 3.86. The molecule has 0 saturated carbocycles. The molecule has 0 amide bonds. The zero-order chi connectivity index (χ0) is 12.8. The molecule has 0 atom stereocenters. The van der Waals surface area contributed by atoms with Crippen molar-refractivity contribution < 1.29 is 4.39 Å². The molecule has 0 radical (unpaired) electrons. The molecule has 0 aliphatic carbocycles. The molecular weight excluding hydrogens is 260 g/mol. The summed E-state index contributed by atoms with van der Waals surface area (Å²) in [7, 11) is 0. The fourth-order valence-corrected chi connectivity index (χ4v) is 3.35. The zero-order valence-corrected chi connectivity index (χ0v) is 10.5. The van der Waals surface area contributed by atoms with Gasteiger partial charge in [0, 0.05) is 34.9 Å². The molecule has 3 nitrogen and oxygen atoms in total. The smallest absolute Gasteiger partial charge is 0.213 e. The molecule has 4 aromatic rings. The van der Waals surface area contributed by atoms with E-state index in [4.69, 9.17) is 0 Å². The van der Waals surface area contributed by atoms with Crippen LogP contribution < -0.4 is 0 Å². The maximum Gasteiger partial charge on any atom is 0.213 e. The number of nitrogens with one attached hydrogen (secondary N) is 1. The lowest BCUT2D eigenvalue weighted by atomic mass is 10.2. The Hall–Kier alpha value is -2.27. The fourth-order valence-electron chi connectivity index (χ4n) is 2.21. The van der Waals surface area contributed by atoms with Gasteiger partial charge in [-0.15, -0.1) is 11.3 Å². The van der Waals surface area contributed by atoms with Crippen molar-refractivity contribution in [3.8, 4) is 10.4 Å².